The van der Waals surface area contributed by atoms with Crippen molar-refractivity contribution in [2.45, 2.75) is 168 Å². The molecule has 0 spiro atoms. The number of hydrogen-bond acceptors (Lipinski definition) is 12. The lowest BCUT2D eigenvalue weighted by Crippen LogP contribution is -2.65. The zero-order valence-corrected chi connectivity index (χ0v) is 32.5. The van der Waals surface area contributed by atoms with Crippen LogP contribution in [0.5, 0.6) is 0 Å². The highest BCUT2D eigenvalue weighted by molar-refractivity contribution is 5.84. The average Bonchev–Trinajstić information content (AvgIpc) is 3.11. The van der Waals surface area contributed by atoms with E-state index in [4.69, 9.17) is 18.9 Å². The van der Waals surface area contributed by atoms with E-state index in [1.54, 1.807) is 0 Å². The lowest BCUT2D eigenvalue weighted by molar-refractivity contribution is -0.308. The van der Waals surface area contributed by atoms with Gasteiger partial charge in [0.2, 0.25) is 6.29 Å². The second-order valence-electron chi connectivity index (χ2n) is 19.2. The molecule has 0 aromatic rings. The van der Waals surface area contributed by atoms with Gasteiger partial charge >= 0.3 is 5.97 Å². The first kappa shape index (κ1) is 39.8. The topological polar surface area (TPSA) is 196 Å². The van der Waals surface area contributed by atoms with Gasteiger partial charge in [-0.3, -0.25) is 4.79 Å². The van der Waals surface area contributed by atoms with Gasteiger partial charge < -0.3 is 54.7 Å². The van der Waals surface area contributed by atoms with E-state index < -0.39 is 73.3 Å². The van der Waals surface area contributed by atoms with E-state index >= 15 is 0 Å². The Balaban J connectivity index is 1.18. The number of hydrogen-bond donors (Lipinski definition) is 7. The van der Waals surface area contributed by atoms with Crippen molar-refractivity contribution in [3.63, 3.8) is 0 Å². The van der Waals surface area contributed by atoms with Gasteiger partial charge in [0.05, 0.1) is 24.7 Å². The van der Waals surface area contributed by atoms with E-state index in [0.717, 1.165) is 50.5 Å². The number of allylic oxidation sites excluding steroid dienone is 3. The van der Waals surface area contributed by atoms with Crippen LogP contribution in [-0.2, 0) is 23.7 Å². The number of fused-ring (bicyclic) bond motifs is 7. The molecule has 5 aliphatic carbocycles. The predicted molar refractivity (Wildman–Crippen MR) is 192 cm³/mol. The largest absolute Gasteiger partial charge is 0.432 e. The Hall–Kier alpha value is -1.45. The van der Waals surface area contributed by atoms with Gasteiger partial charge in [-0.25, -0.2) is 0 Å². The van der Waals surface area contributed by atoms with Crippen molar-refractivity contribution in [1.29, 1.82) is 0 Å². The Morgan fingerprint density at radius 2 is 1.53 bits per heavy atom. The van der Waals surface area contributed by atoms with E-state index in [9.17, 15) is 40.5 Å². The van der Waals surface area contributed by atoms with E-state index in [1.807, 2.05) is 0 Å². The van der Waals surface area contributed by atoms with Gasteiger partial charge in [-0.05, 0) is 115 Å². The highest BCUT2D eigenvalue weighted by atomic mass is 16.7. The molecule has 7 rings (SSSR count). The van der Waals surface area contributed by atoms with Crippen molar-refractivity contribution < 1.29 is 59.5 Å². The van der Waals surface area contributed by atoms with Gasteiger partial charge in [0.25, 0.3) is 0 Å². The summed E-state index contributed by atoms with van der Waals surface area (Å²) in [6, 6.07) is 0. The molecule has 7 N–H and O–H groups in total. The van der Waals surface area contributed by atoms with E-state index in [2.05, 4.69) is 54.5 Å². The molecule has 2 aliphatic heterocycles. The van der Waals surface area contributed by atoms with E-state index in [0.29, 0.717) is 24.7 Å². The molecule has 0 unspecified atom stereocenters. The summed E-state index contributed by atoms with van der Waals surface area (Å²) in [6.07, 6.45) is -2.77. The maximum absolute atomic E-state index is 14.5. The summed E-state index contributed by atoms with van der Waals surface area (Å²) in [6.45, 7) is 15.5. The van der Waals surface area contributed by atoms with Crippen molar-refractivity contribution in [1.82, 2.24) is 0 Å². The summed E-state index contributed by atoms with van der Waals surface area (Å²) >= 11 is 0. The smallest absolute Gasteiger partial charge is 0.318 e. The van der Waals surface area contributed by atoms with Crippen molar-refractivity contribution >= 4 is 5.97 Å². The van der Waals surface area contributed by atoms with Crippen LogP contribution in [0.2, 0.25) is 0 Å². The van der Waals surface area contributed by atoms with Crippen LogP contribution >= 0.6 is 0 Å². The van der Waals surface area contributed by atoms with Crippen molar-refractivity contribution in [2.75, 3.05) is 13.2 Å². The highest BCUT2D eigenvalue weighted by Gasteiger charge is 2.69. The number of carbonyl (C=O) groups is 1. The van der Waals surface area contributed by atoms with Gasteiger partial charge in [-0.15, -0.1) is 0 Å². The lowest BCUT2D eigenvalue weighted by Gasteiger charge is -2.70. The Bertz CT molecular complexity index is 1490. The highest BCUT2D eigenvalue weighted by Crippen LogP contribution is 2.75. The number of aliphatic hydroxyl groups excluding tert-OH is 7. The monoisotopic (exact) mass is 748 g/mol. The second-order valence-corrected chi connectivity index (χ2v) is 19.2. The fourth-order valence-corrected chi connectivity index (χ4v) is 12.9. The van der Waals surface area contributed by atoms with Gasteiger partial charge in [0.1, 0.15) is 42.7 Å². The molecule has 5 fully saturated rings. The molecule has 7 aliphatic rings. The van der Waals surface area contributed by atoms with Crippen molar-refractivity contribution in [2.24, 2.45) is 44.8 Å². The molecule has 0 amide bonds. The zero-order chi connectivity index (χ0) is 38.6. The maximum Gasteiger partial charge on any atom is 0.318 e. The molecule has 0 aromatic carbocycles. The van der Waals surface area contributed by atoms with Crippen LogP contribution < -0.4 is 0 Å². The van der Waals surface area contributed by atoms with Crippen LogP contribution in [0.15, 0.2) is 22.8 Å². The molecule has 12 heteroatoms. The molecular weight excluding hydrogens is 684 g/mol. The predicted octanol–water partition coefficient (Wildman–Crippen LogP) is 2.88. The van der Waals surface area contributed by atoms with Gasteiger partial charge in [-0.1, -0.05) is 53.2 Å². The number of carbonyl (C=O) groups excluding carboxylic acids is 1. The molecule has 3 saturated carbocycles. The Labute approximate surface area is 313 Å². The van der Waals surface area contributed by atoms with Crippen LogP contribution in [0.4, 0.5) is 0 Å². The first-order valence-electron chi connectivity index (χ1n) is 20.0. The normalized spacial score (nSPS) is 52.3. The SMILES string of the molecule is CC1=C2C3=CC[C@@H]4[C@@]5(C)CC[C@H](O[C@@H]6OC[C@@H](O)[C@H](O)[C@H]6O)C(C)(C)[C@@H]5CC[C@@]4(C)[C@]3(C)CC[C@@]2(C(=O)O[C@@H]2O[C@H](CO)[C@@H](O)[C@H](O)[C@H]2O)CC[C@H]1C. The zero-order valence-electron chi connectivity index (χ0n) is 32.5. The first-order valence-corrected chi connectivity index (χ1v) is 20.0. The molecule has 53 heavy (non-hydrogen) atoms. The van der Waals surface area contributed by atoms with Crippen LogP contribution in [-0.4, -0.2) is 116 Å². The Kier molecular flexibility index (Phi) is 10.2. The molecular formula is C41H64O12. The quantitative estimate of drug-likeness (QED) is 0.161. The molecule has 2 heterocycles. The van der Waals surface area contributed by atoms with Gasteiger partial charge in [0.15, 0.2) is 6.29 Å². The summed E-state index contributed by atoms with van der Waals surface area (Å²) < 4.78 is 23.7. The summed E-state index contributed by atoms with van der Waals surface area (Å²) in [5, 5.41) is 72.3. The number of aliphatic hydroxyl groups is 7. The lowest BCUT2D eigenvalue weighted by atomic mass is 9.34. The number of ether oxygens (including phenoxy) is 4. The summed E-state index contributed by atoms with van der Waals surface area (Å²) in [5.74, 6) is 0.468. The van der Waals surface area contributed by atoms with Crippen molar-refractivity contribution in [3.8, 4) is 0 Å². The fourth-order valence-electron chi connectivity index (χ4n) is 12.9. The Morgan fingerprint density at radius 1 is 0.830 bits per heavy atom. The van der Waals surface area contributed by atoms with Crippen LogP contribution in [0.1, 0.15) is 106 Å². The van der Waals surface area contributed by atoms with Gasteiger partial charge in [0, 0.05) is 0 Å². The number of esters is 1. The van der Waals surface area contributed by atoms with Crippen molar-refractivity contribution in [3.05, 3.63) is 22.8 Å². The molecule has 2 saturated heterocycles. The number of rotatable bonds is 5. The fraction of sp³-hybridized carbons (Fsp3) is 0.878. The third kappa shape index (κ3) is 5.70. The third-order valence-corrected chi connectivity index (χ3v) is 16.6. The molecule has 0 radical (unpaired) electrons. The van der Waals surface area contributed by atoms with E-state index in [-0.39, 0.29) is 40.3 Å². The summed E-state index contributed by atoms with van der Waals surface area (Å²) in [5.41, 5.74) is 1.97. The molecule has 0 aromatic heterocycles. The summed E-state index contributed by atoms with van der Waals surface area (Å²) in [7, 11) is 0. The molecule has 0 bridgehead atoms. The first-order chi connectivity index (χ1) is 24.8. The third-order valence-electron chi connectivity index (χ3n) is 16.6. The van der Waals surface area contributed by atoms with Crippen LogP contribution in [0, 0.1) is 44.8 Å². The molecule has 300 valence electrons. The van der Waals surface area contributed by atoms with Gasteiger partial charge in [-0.2, -0.15) is 0 Å². The molecule has 17 atom stereocenters. The summed E-state index contributed by atoms with van der Waals surface area (Å²) in [4.78, 5) is 14.5. The second kappa shape index (κ2) is 13.6. The maximum atomic E-state index is 14.5. The minimum Gasteiger partial charge on any atom is -0.432 e. The van der Waals surface area contributed by atoms with Crippen LogP contribution in [0.25, 0.3) is 0 Å². The minimum atomic E-state index is -1.66. The standard InChI is InChI=1S/C41H64O12/c1-20-10-15-41(36(49)53-35-33(48)31(46)30(45)24(18-42)51-35)17-16-39(6)22(28(41)21(20)2)8-9-26-38(5)13-12-27(37(3,4)25(38)11-14-40(26,39)7)52-34-32(47)29(44)23(43)19-50-34/h8,20,23-27,29-35,42-48H,9-19H2,1-7H3/t20-,23-,24-,25+,26-,27+,29+,30-,31+,32-,33-,34+,35+,38+,39-,40-,41+/m1/s1. The van der Waals surface area contributed by atoms with E-state index in [1.165, 1.54) is 11.1 Å². The molecule has 12 nitrogen and oxygen atoms in total. The Morgan fingerprint density at radius 3 is 2.23 bits per heavy atom. The van der Waals surface area contributed by atoms with Crippen LogP contribution in [0.3, 0.4) is 0 Å². The minimum absolute atomic E-state index is 0.0109. The average molecular weight is 749 g/mol.